The van der Waals surface area contributed by atoms with Crippen molar-refractivity contribution < 1.29 is 14.7 Å². The number of carbonyl (C=O) groups is 2. The molecule has 116 valence electrons. The Kier molecular flexibility index (Phi) is 4.82. The Bertz CT molecular complexity index is 597. The van der Waals surface area contributed by atoms with Crippen LogP contribution in [0, 0.1) is 19.8 Å². The first-order valence-electron chi connectivity index (χ1n) is 7.07. The van der Waals surface area contributed by atoms with Crippen LogP contribution in [0.1, 0.15) is 36.3 Å². The Balaban J connectivity index is 1.88. The van der Waals surface area contributed by atoms with Crippen molar-refractivity contribution in [3.8, 4) is 0 Å². The van der Waals surface area contributed by atoms with E-state index in [1.165, 1.54) is 4.57 Å². The lowest BCUT2D eigenvalue weighted by atomic mass is 9.86. The van der Waals surface area contributed by atoms with Crippen LogP contribution in [0.3, 0.4) is 0 Å². The number of nitrogens with one attached hydrogen (secondary N) is 1. The lowest BCUT2D eigenvalue weighted by Crippen LogP contribution is -2.41. The molecule has 0 aliphatic heterocycles. The number of hydrogen-bond acceptors (Lipinski definition) is 4. The number of nitrogens with zero attached hydrogens (tertiary/aromatic N) is 1. The summed E-state index contributed by atoms with van der Waals surface area (Å²) in [6.07, 6.45) is 2.55. The lowest BCUT2D eigenvalue weighted by Gasteiger charge is -2.26. The van der Waals surface area contributed by atoms with Gasteiger partial charge in [-0.15, -0.1) is 0 Å². The Morgan fingerprint density at radius 3 is 2.38 bits per heavy atom. The summed E-state index contributed by atoms with van der Waals surface area (Å²) >= 11 is 1.15. The van der Waals surface area contributed by atoms with E-state index in [4.69, 9.17) is 5.11 Å². The summed E-state index contributed by atoms with van der Waals surface area (Å²) in [6, 6.07) is 0.0174. The summed E-state index contributed by atoms with van der Waals surface area (Å²) in [5, 5.41) is 11.8. The molecule has 1 fully saturated rings. The van der Waals surface area contributed by atoms with Crippen molar-refractivity contribution in [1.29, 1.82) is 0 Å². The van der Waals surface area contributed by atoms with Crippen LogP contribution in [0.25, 0.3) is 0 Å². The summed E-state index contributed by atoms with van der Waals surface area (Å²) < 4.78 is 1.48. The SMILES string of the molecule is Cc1sc(=O)n(CC(=O)NC2CCC(C(=O)O)CC2)c1C. The van der Waals surface area contributed by atoms with Crippen LogP contribution in [-0.2, 0) is 16.1 Å². The van der Waals surface area contributed by atoms with E-state index in [0.29, 0.717) is 25.7 Å². The lowest BCUT2D eigenvalue weighted by molar-refractivity contribution is -0.142. The molecule has 0 saturated heterocycles. The number of carboxylic acid groups (broad SMARTS) is 1. The fourth-order valence-electron chi connectivity index (χ4n) is 2.67. The number of amides is 1. The molecule has 21 heavy (non-hydrogen) atoms. The largest absolute Gasteiger partial charge is 0.481 e. The summed E-state index contributed by atoms with van der Waals surface area (Å²) in [5.74, 6) is -1.23. The highest BCUT2D eigenvalue weighted by molar-refractivity contribution is 7.09. The number of thiazole rings is 1. The van der Waals surface area contributed by atoms with Crippen LogP contribution >= 0.6 is 11.3 Å². The fourth-order valence-corrected chi connectivity index (χ4v) is 3.50. The van der Waals surface area contributed by atoms with Crippen molar-refractivity contribution in [2.24, 2.45) is 5.92 Å². The van der Waals surface area contributed by atoms with Gasteiger partial charge in [-0.3, -0.25) is 19.0 Å². The second-order valence-electron chi connectivity index (χ2n) is 5.55. The quantitative estimate of drug-likeness (QED) is 0.877. The van der Waals surface area contributed by atoms with Crippen molar-refractivity contribution >= 4 is 23.2 Å². The van der Waals surface area contributed by atoms with Crippen molar-refractivity contribution in [3.63, 3.8) is 0 Å². The number of carboxylic acids is 1. The molecule has 0 unspecified atom stereocenters. The van der Waals surface area contributed by atoms with Crippen LogP contribution in [0.2, 0.25) is 0 Å². The predicted octanol–water partition coefficient (Wildman–Crippen LogP) is 1.29. The Hall–Kier alpha value is -1.63. The molecule has 0 radical (unpaired) electrons. The van der Waals surface area contributed by atoms with Crippen LogP contribution in [-0.4, -0.2) is 27.6 Å². The van der Waals surface area contributed by atoms with Gasteiger partial charge in [0.2, 0.25) is 5.91 Å². The van der Waals surface area contributed by atoms with Crippen molar-refractivity contribution in [2.45, 2.75) is 52.1 Å². The first kappa shape index (κ1) is 15.8. The molecule has 1 aromatic heterocycles. The Labute approximate surface area is 126 Å². The van der Waals surface area contributed by atoms with Gasteiger partial charge in [0.25, 0.3) is 0 Å². The normalized spacial score (nSPS) is 22.0. The number of carbonyl (C=O) groups excluding carboxylic acids is 1. The van der Waals surface area contributed by atoms with Gasteiger partial charge in [-0.05, 0) is 39.5 Å². The minimum Gasteiger partial charge on any atom is -0.481 e. The molecule has 7 heteroatoms. The van der Waals surface area contributed by atoms with E-state index < -0.39 is 5.97 Å². The van der Waals surface area contributed by atoms with Crippen LogP contribution < -0.4 is 10.2 Å². The van der Waals surface area contributed by atoms with Gasteiger partial charge < -0.3 is 10.4 Å². The zero-order valence-corrected chi connectivity index (χ0v) is 13.0. The van der Waals surface area contributed by atoms with Gasteiger partial charge in [0.05, 0.1) is 5.92 Å². The van der Waals surface area contributed by atoms with E-state index in [-0.39, 0.29) is 29.3 Å². The van der Waals surface area contributed by atoms with E-state index in [1.807, 2.05) is 13.8 Å². The molecule has 0 atom stereocenters. The number of aliphatic carboxylic acids is 1. The van der Waals surface area contributed by atoms with Gasteiger partial charge in [-0.25, -0.2) is 0 Å². The van der Waals surface area contributed by atoms with Gasteiger partial charge in [0.1, 0.15) is 6.54 Å². The molecular weight excluding hydrogens is 292 g/mol. The third kappa shape index (κ3) is 3.72. The summed E-state index contributed by atoms with van der Waals surface area (Å²) in [7, 11) is 0. The summed E-state index contributed by atoms with van der Waals surface area (Å²) in [6.45, 7) is 3.73. The Morgan fingerprint density at radius 2 is 1.90 bits per heavy atom. The first-order chi connectivity index (χ1) is 9.88. The van der Waals surface area contributed by atoms with E-state index >= 15 is 0 Å². The highest BCUT2D eigenvalue weighted by Gasteiger charge is 2.26. The molecule has 1 heterocycles. The van der Waals surface area contributed by atoms with Crippen molar-refractivity contribution in [2.75, 3.05) is 0 Å². The topological polar surface area (TPSA) is 88.4 Å². The highest BCUT2D eigenvalue weighted by Crippen LogP contribution is 2.24. The van der Waals surface area contributed by atoms with Crippen molar-refractivity contribution in [1.82, 2.24) is 9.88 Å². The number of aromatic nitrogens is 1. The molecule has 0 bridgehead atoms. The van der Waals surface area contributed by atoms with E-state index in [2.05, 4.69) is 5.32 Å². The van der Waals surface area contributed by atoms with E-state index in [0.717, 1.165) is 21.9 Å². The van der Waals surface area contributed by atoms with Crippen LogP contribution in [0.4, 0.5) is 0 Å². The number of hydrogen-bond donors (Lipinski definition) is 2. The minimum atomic E-state index is -0.754. The maximum Gasteiger partial charge on any atom is 0.308 e. The van der Waals surface area contributed by atoms with Gasteiger partial charge >= 0.3 is 10.8 Å². The molecule has 1 saturated carbocycles. The molecule has 2 rings (SSSR count). The fraction of sp³-hybridized carbons (Fsp3) is 0.643. The smallest absolute Gasteiger partial charge is 0.308 e. The molecule has 1 aliphatic carbocycles. The van der Waals surface area contributed by atoms with Gasteiger partial charge in [-0.1, -0.05) is 11.3 Å². The van der Waals surface area contributed by atoms with Crippen molar-refractivity contribution in [3.05, 3.63) is 20.2 Å². The average molecular weight is 312 g/mol. The average Bonchev–Trinajstić information content (AvgIpc) is 2.66. The molecule has 1 aromatic rings. The third-order valence-corrected chi connectivity index (χ3v) is 5.12. The molecule has 1 aliphatic rings. The Morgan fingerprint density at radius 1 is 1.29 bits per heavy atom. The molecule has 2 N–H and O–H groups in total. The van der Waals surface area contributed by atoms with Gasteiger partial charge in [0, 0.05) is 16.6 Å². The second-order valence-corrected chi connectivity index (χ2v) is 6.72. The predicted molar refractivity (Wildman–Crippen MR) is 79.6 cm³/mol. The molecule has 1 amide bonds. The van der Waals surface area contributed by atoms with E-state index in [9.17, 15) is 14.4 Å². The third-order valence-electron chi connectivity index (χ3n) is 4.12. The van der Waals surface area contributed by atoms with E-state index in [1.54, 1.807) is 0 Å². The second kappa shape index (κ2) is 6.43. The highest BCUT2D eigenvalue weighted by atomic mass is 32.1. The molecule has 6 nitrogen and oxygen atoms in total. The van der Waals surface area contributed by atoms with Gasteiger partial charge in [-0.2, -0.15) is 0 Å². The number of rotatable bonds is 4. The summed E-state index contributed by atoms with van der Waals surface area (Å²) in [5.41, 5.74) is 0.828. The van der Waals surface area contributed by atoms with Gasteiger partial charge in [0.15, 0.2) is 0 Å². The zero-order chi connectivity index (χ0) is 15.6. The molecule has 0 aromatic carbocycles. The maximum absolute atomic E-state index is 12.0. The maximum atomic E-state index is 12.0. The first-order valence-corrected chi connectivity index (χ1v) is 7.89. The van der Waals surface area contributed by atoms with Crippen LogP contribution in [0.5, 0.6) is 0 Å². The standard InChI is InChI=1S/C14H20N2O4S/c1-8-9(2)21-14(20)16(8)7-12(17)15-11-5-3-10(4-6-11)13(18)19/h10-11H,3-7H2,1-2H3,(H,15,17)(H,18,19). The van der Waals surface area contributed by atoms with Crippen LogP contribution in [0.15, 0.2) is 4.79 Å². The summed E-state index contributed by atoms with van der Waals surface area (Å²) in [4.78, 5) is 35.5. The molecular formula is C14H20N2O4S. The zero-order valence-electron chi connectivity index (χ0n) is 12.2. The number of aryl methyl sites for hydroxylation is 1. The molecule has 0 spiro atoms. The monoisotopic (exact) mass is 312 g/mol. The minimum absolute atomic E-state index is 0.0174.